The minimum Gasteiger partial charge on any atom is -0.496 e. The van der Waals surface area contributed by atoms with Crippen LogP contribution in [0.5, 0.6) is 5.75 Å². The third-order valence-corrected chi connectivity index (χ3v) is 4.31. The van der Waals surface area contributed by atoms with Crippen molar-refractivity contribution in [1.29, 1.82) is 0 Å². The molecule has 6 heteroatoms. The minimum atomic E-state index is -4.14. The molecule has 20 heavy (non-hydrogen) atoms. The largest absolute Gasteiger partial charge is 0.496 e. The van der Waals surface area contributed by atoms with Crippen molar-refractivity contribution < 1.29 is 17.9 Å². The molecule has 1 saturated carbocycles. The van der Waals surface area contributed by atoms with Crippen LogP contribution in [0.1, 0.15) is 25.7 Å². The van der Waals surface area contributed by atoms with E-state index in [0.29, 0.717) is 24.3 Å². The lowest BCUT2D eigenvalue weighted by molar-refractivity contribution is -0.184. The Morgan fingerprint density at radius 2 is 1.95 bits per heavy atom. The number of benzene rings is 1. The standard InChI is InChI=1S/C14H17BrF3NO/c1-20-13-7-6-9(8-11(13)15)19-12-5-3-2-4-10(12)14(16,17)18/h6-8,10,12,19H,2-5H2,1H3. The van der Waals surface area contributed by atoms with Crippen molar-refractivity contribution in [3.8, 4) is 5.75 Å². The van der Waals surface area contributed by atoms with Crippen LogP contribution in [-0.4, -0.2) is 19.3 Å². The van der Waals surface area contributed by atoms with E-state index >= 15 is 0 Å². The van der Waals surface area contributed by atoms with E-state index in [1.54, 1.807) is 25.3 Å². The smallest absolute Gasteiger partial charge is 0.393 e. The molecule has 0 radical (unpaired) electrons. The second-order valence-electron chi connectivity index (χ2n) is 5.03. The topological polar surface area (TPSA) is 21.3 Å². The van der Waals surface area contributed by atoms with Gasteiger partial charge in [-0.15, -0.1) is 0 Å². The molecule has 1 aromatic carbocycles. The number of rotatable bonds is 3. The Morgan fingerprint density at radius 3 is 2.55 bits per heavy atom. The van der Waals surface area contributed by atoms with E-state index in [9.17, 15) is 13.2 Å². The first-order valence-electron chi connectivity index (χ1n) is 6.58. The average molecular weight is 352 g/mol. The minimum absolute atomic E-state index is 0.207. The van der Waals surface area contributed by atoms with E-state index in [-0.39, 0.29) is 6.42 Å². The maximum atomic E-state index is 13.0. The van der Waals surface area contributed by atoms with Gasteiger partial charge < -0.3 is 10.1 Å². The van der Waals surface area contributed by atoms with E-state index in [1.165, 1.54) is 0 Å². The molecule has 1 aliphatic rings. The van der Waals surface area contributed by atoms with Gasteiger partial charge in [-0.2, -0.15) is 13.2 Å². The second kappa shape index (κ2) is 6.24. The fourth-order valence-corrected chi connectivity index (χ4v) is 3.21. The van der Waals surface area contributed by atoms with Crippen molar-refractivity contribution >= 4 is 21.6 Å². The molecule has 1 fully saturated rings. The Bertz CT molecular complexity index is 464. The Balaban J connectivity index is 2.12. The van der Waals surface area contributed by atoms with E-state index in [4.69, 9.17) is 4.74 Å². The van der Waals surface area contributed by atoms with Gasteiger partial charge in [-0.05, 0) is 47.0 Å². The van der Waals surface area contributed by atoms with E-state index in [1.807, 2.05) is 0 Å². The van der Waals surface area contributed by atoms with Gasteiger partial charge in [0.05, 0.1) is 17.5 Å². The Labute approximate surface area is 124 Å². The molecular weight excluding hydrogens is 335 g/mol. The van der Waals surface area contributed by atoms with Crippen LogP contribution in [0.25, 0.3) is 0 Å². The second-order valence-corrected chi connectivity index (χ2v) is 5.89. The van der Waals surface area contributed by atoms with Crippen molar-refractivity contribution in [2.24, 2.45) is 5.92 Å². The van der Waals surface area contributed by atoms with Crippen molar-refractivity contribution in [2.75, 3.05) is 12.4 Å². The summed E-state index contributed by atoms with van der Waals surface area (Å²) in [6.45, 7) is 0. The first-order chi connectivity index (χ1) is 9.41. The van der Waals surface area contributed by atoms with Crippen molar-refractivity contribution in [3.63, 3.8) is 0 Å². The summed E-state index contributed by atoms with van der Waals surface area (Å²) in [7, 11) is 1.55. The summed E-state index contributed by atoms with van der Waals surface area (Å²) < 4.78 is 44.9. The average Bonchev–Trinajstić information content (AvgIpc) is 2.38. The van der Waals surface area contributed by atoms with Gasteiger partial charge in [0, 0.05) is 11.7 Å². The lowest BCUT2D eigenvalue weighted by Crippen LogP contribution is -2.41. The van der Waals surface area contributed by atoms with Crippen LogP contribution in [0.15, 0.2) is 22.7 Å². The highest BCUT2D eigenvalue weighted by atomic mass is 79.9. The number of alkyl halides is 3. The maximum Gasteiger partial charge on any atom is 0.393 e. The van der Waals surface area contributed by atoms with Gasteiger partial charge in [-0.25, -0.2) is 0 Å². The Kier molecular flexibility index (Phi) is 4.83. The zero-order valence-electron chi connectivity index (χ0n) is 11.1. The monoisotopic (exact) mass is 351 g/mol. The van der Waals surface area contributed by atoms with Crippen molar-refractivity contribution in [3.05, 3.63) is 22.7 Å². The molecule has 0 amide bonds. The predicted molar refractivity (Wildman–Crippen MR) is 76.1 cm³/mol. The number of methoxy groups -OCH3 is 1. The third kappa shape index (κ3) is 3.59. The van der Waals surface area contributed by atoms with Crippen LogP contribution in [0.4, 0.5) is 18.9 Å². The summed E-state index contributed by atoms with van der Waals surface area (Å²) in [5.41, 5.74) is 0.679. The molecule has 0 heterocycles. The summed E-state index contributed by atoms with van der Waals surface area (Å²) in [4.78, 5) is 0. The Morgan fingerprint density at radius 1 is 1.25 bits per heavy atom. The summed E-state index contributed by atoms with van der Waals surface area (Å²) >= 11 is 3.34. The molecular formula is C14H17BrF3NO. The summed E-state index contributed by atoms with van der Waals surface area (Å²) in [5, 5.41) is 3.02. The van der Waals surface area contributed by atoms with Crippen LogP contribution in [0.3, 0.4) is 0 Å². The number of ether oxygens (including phenoxy) is 1. The van der Waals surface area contributed by atoms with E-state index < -0.39 is 18.1 Å². The van der Waals surface area contributed by atoms with Crippen LogP contribution >= 0.6 is 15.9 Å². The summed E-state index contributed by atoms with van der Waals surface area (Å²) in [5.74, 6) is -0.608. The lowest BCUT2D eigenvalue weighted by Gasteiger charge is -2.34. The highest BCUT2D eigenvalue weighted by molar-refractivity contribution is 9.10. The number of nitrogens with one attached hydrogen (secondary N) is 1. The van der Waals surface area contributed by atoms with Crippen molar-refractivity contribution in [1.82, 2.24) is 0 Å². The highest BCUT2D eigenvalue weighted by Crippen LogP contribution is 2.39. The molecule has 0 spiro atoms. The maximum absolute atomic E-state index is 13.0. The van der Waals surface area contributed by atoms with Gasteiger partial charge in [0.15, 0.2) is 0 Å². The fraction of sp³-hybridized carbons (Fsp3) is 0.571. The highest BCUT2D eigenvalue weighted by Gasteiger charge is 2.45. The molecule has 0 aromatic heterocycles. The normalized spacial score (nSPS) is 23.4. The van der Waals surface area contributed by atoms with Crippen molar-refractivity contribution in [2.45, 2.75) is 37.9 Å². The van der Waals surface area contributed by atoms with Gasteiger partial charge in [0.2, 0.25) is 0 Å². The third-order valence-electron chi connectivity index (χ3n) is 3.69. The SMILES string of the molecule is COc1ccc(NC2CCCCC2C(F)(F)F)cc1Br. The molecule has 2 atom stereocenters. The lowest BCUT2D eigenvalue weighted by atomic mass is 9.84. The molecule has 1 aromatic rings. The summed E-state index contributed by atoms with van der Waals surface area (Å²) in [6.07, 6.45) is -1.90. The van der Waals surface area contributed by atoms with Gasteiger partial charge in [-0.1, -0.05) is 12.8 Å². The molecule has 2 nitrogen and oxygen atoms in total. The molecule has 0 bridgehead atoms. The number of hydrogen-bond donors (Lipinski definition) is 1. The van der Waals surface area contributed by atoms with Gasteiger partial charge >= 0.3 is 6.18 Å². The zero-order valence-corrected chi connectivity index (χ0v) is 12.7. The quantitative estimate of drug-likeness (QED) is 0.828. The molecule has 0 saturated heterocycles. The number of halogens is 4. The van der Waals surface area contributed by atoms with E-state index in [2.05, 4.69) is 21.2 Å². The molecule has 1 aliphatic carbocycles. The molecule has 2 unspecified atom stereocenters. The van der Waals surface area contributed by atoms with Gasteiger partial charge in [0.25, 0.3) is 0 Å². The zero-order chi connectivity index (χ0) is 14.8. The number of hydrogen-bond acceptors (Lipinski definition) is 2. The predicted octanol–water partition coefficient (Wildman–Crippen LogP) is 4.99. The van der Waals surface area contributed by atoms with Gasteiger partial charge in [0.1, 0.15) is 5.75 Å². The first-order valence-corrected chi connectivity index (χ1v) is 7.38. The molecule has 112 valence electrons. The van der Waals surface area contributed by atoms with Crippen LogP contribution in [0, 0.1) is 5.92 Å². The van der Waals surface area contributed by atoms with Crippen LogP contribution in [0.2, 0.25) is 0 Å². The number of anilines is 1. The molecule has 2 rings (SSSR count). The molecule has 1 N–H and O–H groups in total. The summed E-state index contributed by atoms with van der Waals surface area (Å²) in [6, 6.07) is 4.67. The first kappa shape index (κ1) is 15.5. The van der Waals surface area contributed by atoms with Crippen LogP contribution < -0.4 is 10.1 Å². The van der Waals surface area contributed by atoms with Gasteiger partial charge in [-0.3, -0.25) is 0 Å². The molecule has 0 aliphatic heterocycles. The Hall–Kier alpha value is -0.910. The fourth-order valence-electron chi connectivity index (χ4n) is 2.67. The van der Waals surface area contributed by atoms with E-state index in [0.717, 1.165) is 10.9 Å². The van der Waals surface area contributed by atoms with Crippen LogP contribution in [-0.2, 0) is 0 Å².